The molecule has 4 heteroatoms. The quantitative estimate of drug-likeness (QED) is 0.578. The van der Waals surface area contributed by atoms with Gasteiger partial charge in [-0.15, -0.1) is 0 Å². The zero-order chi connectivity index (χ0) is 12.8. The number of ether oxygens (including phenoxy) is 1. The van der Waals surface area contributed by atoms with Crippen LogP contribution in [0.2, 0.25) is 0 Å². The molecular weight excluding hydrogens is 226 g/mol. The van der Waals surface area contributed by atoms with Gasteiger partial charge < -0.3 is 15.4 Å². The van der Waals surface area contributed by atoms with Crippen LogP contribution in [0.15, 0.2) is 4.99 Å². The van der Waals surface area contributed by atoms with Gasteiger partial charge in [0.25, 0.3) is 0 Å². The molecule has 3 fully saturated rings. The second-order valence-electron chi connectivity index (χ2n) is 6.53. The van der Waals surface area contributed by atoms with Crippen molar-refractivity contribution < 1.29 is 4.74 Å². The van der Waals surface area contributed by atoms with E-state index in [1.807, 2.05) is 7.05 Å². The van der Waals surface area contributed by atoms with Crippen LogP contribution in [0, 0.1) is 11.3 Å². The third-order valence-corrected chi connectivity index (χ3v) is 4.77. The fraction of sp³-hybridized carbons (Fsp3) is 0.929. The Morgan fingerprint density at radius 3 is 2.67 bits per heavy atom. The molecule has 0 bridgehead atoms. The normalized spacial score (nSPS) is 38.6. The molecule has 2 N–H and O–H groups in total. The Kier molecular flexibility index (Phi) is 3.00. The van der Waals surface area contributed by atoms with E-state index in [4.69, 9.17) is 4.74 Å². The molecule has 0 radical (unpaired) electrons. The predicted octanol–water partition coefficient (Wildman–Crippen LogP) is 1.52. The Morgan fingerprint density at radius 2 is 2.00 bits per heavy atom. The molecule has 3 aliphatic rings. The van der Waals surface area contributed by atoms with E-state index < -0.39 is 0 Å². The fourth-order valence-corrected chi connectivity index (χ4v) is 3.55. The zero-order valence-corrected chi connectivity index (χ0v) is 11.7. The maximum absolute atomic E-state index is 5.93. The molecule has 102 valence electrons. The lowest BCUT2D eigenvalue weighted by molar-refractivity contribution is -0.188. The molecule has 2 aliphatic carbocycles. The lowest BCUT2D eigenvalue weighted by atomic mass is 9.55. The SMILES string of the molecule is CN=C(NC1CC1)NC1C2CCCOC2C1(C)C. The molecule has 3 atom stereocenters. The molecule has 0 spiro atoms. The van der Waals surface area contributed by atoms with Crippen molar-refractivity contribution in [1.29, 1.82) is 0 Å². The highest BCUT2D eigenvalue weighted by Crippen LogP contribution is 2.51. The summed E-state index contributed by atoms with van der Waals surface area (Å²) < 4.78 is 5.93. The Bertz CT molecular complexity index is 349. The van der Waals surface area contributed by atoms with E-state index in [0.717, 1.165) is 12.6 Å². The van der Waals surface area contributed by atoms with Gasteiger partial charge in [-0.25, -0.2) is 0 Å². The van der Waals surface area contributed by atoms with Crippen LogP contribution in [0.5, 0.6) is 0 Å². The summed E-state index contributed by atoms with van der Waals surface area (Å²) in [4.78, 5) is 4.35. The smallest absolute Gasteiger partial charge is 0.191 e. The summed E-state index contributed by atoms with van der Waals surface area (Å²) in [6, 6.07) is 1.14. The van der Waals surface area contributed by atoms with Crippen molar-refractivity contribution in [2.45, 2.75) is 57.7 Å². The molecule has 1 saturated heterocycles. The lowest BCUT2D eigenvalue weighted by Gasteiger charge is -2.60. The number of aliphatic imine (C=N–C) groups is 1. The molecule has 1 heterocycles. The lowest BCUT2D eigenvalue weighted by Crippen LogP contribution is -2.71. The predicted molar refractivity (Wildman–Crippen MR) is 72.7 cm³/mol. The van der Waals surface area contributed by atoms with Crippen LogP contribution in [0.4, 0.5) is 0 Å². The van der Waals surface area contributed by atoms with E-state index >= 15 is 0 Å². The van der Waals surface area contributed by atoms with E-state index in [1.54, 1.807) is 0 Å². The van der Waals surface area contributed by atoms with Gasteiger partial charge >= 0.3 is 0 Å². The number of guanidine groups is 1. The highest BCUT2D eigenvalue weighted by molar-refractivity contribution is 5.80. The van der Waals surface area contributed by atoms with Crippen molar-refractivity contribution in [3.63, 3.8) is 0 Å². The van der Waals surface area contributed by atoms with E-state index in [0.29, 0.717) is 24.1 Å². The molecule has 2 saturated carbocycles. The molecule has 0 amide bonds. The van der Waals surface area contributed by atoms with Gasteiger partial charge in [-0.3, -0.25) is 4.99 Å². The first kappa shape index (κ1) is 12.3. The van der Waals surface area contributed by atoms with Crippen molar-refractivity contribution in [1.82, 2.24) is 10.6 Å². The summed E-state index contributed by atoms with van der Waals surface area (Å²) in [5, 5.41) is 7.09. The van der Waals surface area contributed by atoms with Gasteiger partial charge in [0.2, 0.25) is 0 Å². The van der Waals surface area contributed by atoms with Gasteiger partial charge in [0, 0.05) is 37.1 Å². The maximum atomic E-state index is 5.93. The largest absolute Gasteiger partial charge is 0.377 e. The van der Waals surface area contributed by atoms with Gasteiger partial charge in [-0.05, 0) is 25.7 Å². The Balaban J connectivity index is 1.63. The second-order valence-corrected chi connectivity index (χ2v) is 6.53. The van der Waals surface area contributed by atoms with Gasteiger partial charge in [0.15, 0.2) is 5.96 Å². The monoisotopic (exact) mass is 251 g/mol. The maximum Gasteiger partial charge on any atom is 0.191 e. The van der Waals surface area contributed by atoms with Crippen LogP contribution in [-0.2, 0) is 4.74 Å². The van der Waals surface area contributed by atoms with Crippen LogP contribution in [0.3, 0.4) is 0 Å². The average Bonchev–Trinajstić information content (AvgIpc) is 3.18. The third kappa shape index (κ3) is 2.00. The van der Waals surface area contributed by atoms with Gasteiger partial charge in [-0.1, -0.05) is 13.8 Å². The summed E-state index contributed by atoms with van der Waals surface area (Å²) in [6.45, 7) is 5.55. The molecule has 0 aromatic rings. The minimum Gasteiger partial charge on any atom is -0.377 e. The number of fused-ring (bicyclic) bond motifs is 1. The molecule has 3 rings (SSSR count). The summed E-state index contributed by atoms with van der Waals surface area (Å²) in [6.07, 6.45) is 5.48. The number of nitrogens with zero attached hydrogens (tertiary/aromatic N) is 1. The van der Waals surface area contributed by atoms with Gasteiger partial charge in [0.1, 0.15) is 0 Å². The third-order valence-electron chi connectivity index (χ3n) is 4.77. The highest BCUT2D eigenvalue weighted by Gasteiger charge is 2.58. The average molecular weight is 251 g/mol. The molecule has 1 aliphatic heterocycles. The first-order valence-corrected chi connectivity index (χ1v) is 7.24. The van der Waals surface area contributed by atoms with Crippen molar-refractivity contribution in [3.05, 3.63) is 0 Å². The van der Waals surface area contributed by atoms with E-state index in [-0.39, 0.29) is 5.41 Å². The van der Waals surface area contributed by atoms with Crippen molar-refractivity contribution in [3.8, 4) is 0 Å². The van der Waals surface area contributed by atoms with Crippen LogP contribution < -0.4 is 10.6 Å². The summed E-state index contributed by atoms with van der Waals surface area (Å²) >= 11 is 0. The van der Waals surface area contributed by atoms with Gasteiger partial charge in [-0.2, -0.15) is 0 Å². The summed E-state index contributed by atoms with van der Waals surface area (Å²) in [7, 11) is 1.86. The van der Waals surface area contributed by atoms with Crippen LogP contribution in [0.1, 0.15) is 39.5 Å². The zero-order valence-electron chi connectivity index (χ0n) is 11.7. The second kappa shape index (κ2) is 4.41. The summed E-state index contributed by atoms with van der Waals surface area (Å²) in [5.74, 6) is 1.63. The molecule has 0 aromatic carbocycles. The molecular formula is C14H25N3O. The van der Waals surface area contributed by atoms with Crippen molar-refractivity contribution >= 4 is 5.96 Å². The van der Waals surface area contributed by atoms with Crippen LogP contribution in [-0.4, -0.2) is 37.8 Å². The molecule has 18 heavy (non-hydrogen) atoms. The summed E-state index contributed by atoms with van der Waals surface area (Å²) in [5.41, 5.74) is 0.215. The number of nitrogens with one attached hydrogen (secondary N) is 2. The standard InChI is InChI=1S/C14H25N3O/c1-14(2)11(10-5-4-8-18-12(10)14)17-13(15-3)16-9-6-7-9/h9-12H,4-8H2,1-3H3,(H2,15,16,17). The van der Waals surface area contributed by atoms with E-state index in [9.17, 15) is 0 Å². The molecule has 0 aromatic heterocycles. The van der Waals surface area contributed by atoms with Crippen molar-refractivity contribution in [2.75, 3.05) is 13.7 Å². The van der Waals surface area contributed by atoms with Crippen molar-refractivity contribution in [2.24, 2.45) is 16.3 Å². The Morgan fingerprint density at radius 1 is 1.22 bits per heavy atom. The molecule has 4 nitrogen and oxygen atoms in total. The number of hydrogen-bond donors (Lipinski definition) is 2. The number of rotatable bonds is 2. The Labute approximate surface area is 110 Å². The molecule has 3 unspecified atom stereocenters. The first-order valence-electron chi connectivity index (χ1n) is 7.24. The minimum absolute atomic E-state index is 0.215. The van der Waals surface area contributed by atoms with Crippen LogP contribution in [0.25, 0.3) is 0 Å². The minimum atomic E-state index is 0.215. The highest BCUT2D eigenvalue weighted by atomic mass is 16.5. The van der Waals surface area contributed by atoms with Crippen LogP contribution >= 0.6 is 0 Å². The van der Waals surface area contributed by atoms with E-state index in [1.165, 1.54) is 25.7 Å². The Hall–Kier alpha value is -0.770. The van der Waals surface area contributed by atoms with Gasteiger partial charge in [0.05, 0.1) is 6.10 Å². The number of hydrogen-bond acceptors (Lipinski definition) is 2. The fourth-order valence-electron chi connectivity index (χ4n) is 3.55. The first-order chi connectivity index (χ1) is 8.63. The topological polar surface area (TPSA) is 45.7 Å². The van der Waals surface area contributed by atoms with E-state index in [2.05, 4.69) is 29.5 Å².